The summed E-state index contributed by atoms with van der Waals surface area (Å²) >= 11 is 0. The molecular formula is C6H10N2O2. The second kappa shape index (κ2) is 2.38. The summed E-state index contributed by atoms with van der Waals surface area (Å²) in [5.41, 5.74) is -0.771. The molecule has 0 fully saturated rings. The van der Waals surface area contributed by atoms with Crippen molar-refractivity contribution in [3.63, 3.8) is 0 Å². The van der Waals surface area contributed by atoms with Crippen LogP contribution in [-0.4, -0.2) is 20.8 Å². The Labute approximate surface area is 58.9 Å². The maximum Gasteiger partial charge on any atom is 0.229 e. The van der Waals surface area contributed by atoms with Crippen molar-refractivity contribution < 1.29 is 9.63 Å². The number of nitrogens with zero attached hydrogens (tertiary/aromatic N) is 2. The molecule has 0 radical (unpaired) electrons. The molecule has 0 amide bonds. The molecule has 1 rings (SSSR count). The molecular weight excluding hydrogens is 132 g/mol. The third kappa shape index (κ3) is 2.14. The van der Waals surface area contributed by atoms with E-state index in [4.69, 9.17) is 0 Å². The minimum Gasteiger partial charge on any atom is -0.390 e. The molecule has 1 aromatic rings. The van der Waals surface area contributed by atoms with Crippen LogP contribution in [-0.2, 0) is 6.42 Å². The van der Waals surface area contributed by atoms with Gasteiger partial charge in [0, 0.05) is 0 Å². The smallest absolute Gasteiger partial charge is 0.229 e. The fourth-order valence-electron chi connectivity index (χ4n) is 0.644. The highest BCUT2D eigenvalue weighted by Crippen LogP contribution is 2.08. The van der Waals surface area contributed by atoms with E-state index in [-0.39, 0.29) is 0 Å². The van der Waals surface area contributed by atoms with Gasteiger partial charge in [0.15, 0.2) is 6.33 Å². The summed E-state index contributed by atoms with van der Waals surface area (Å²) in [4.78, 5) is 3.76. The maximum absolute atomic E-state index is 9.26. The molecule has 4 heteroatoms. The highest BCUT2D eigenvalue weighted by atomic mass is 16.5. The van der Waals surface area contributed by atoms with Crippen LogP contribution in [0.25, 0.3) is 0 Å². The Morgan fingerprint density at radius 2 is 2.40 bits per heavy atom. The third-order valence-corrected chi connectivity index (χ3v) is 0.991. The summed E-state index contributed by atoms with van der Waals surface area (Å²) in [6, 6.07) is 0. The van der Waals surface area contributed by atoms with Crippen molar-refractivity contribution in [3.05, 3.63) is 12.2 Å². The predicted molar refractivity (Wildman–Crippen MR) is 34.3 cm³/mol. The Morgan fingerprint density at radius 1 is 1.70 bits per heavy atom. The van der Waals surface area contributed by atoms with Crippen LogP contribution in [0.5, 0.6) is 0 Å². The van der Waals surface area contributed by atoms with Gasteiger partial charge in [-0.15, -0.1) is 0 Å². The molecule has 0 aliphatic carbocycles. The number of hydrogen-bond acceptors (Lipinski definition) is 4. The fourth-order valence-corrected chi connectivity index (χ4v) is 0.644. The van der Waals surface area contributed by atoms with Gasteiger partial charge in [0.05, 0.1) is 12.0 Å². The van der Waals surface area contributed by atoms with E-state index in [9.17, 15) is 5.11 Å². The fraction of sp³-hybridized carbons (Fsp3) is 0.667. The zero-order chi connectivity index (χ0) is 7.61. The average molecular weight is 142 g/mol. The quantitative estimate of drug-likeness (QED) is 0.648. The first-order valence-corrected chi connectivity index (χ1v) is 3.06. The van der Waals surface area contributed by atoms with E-state index >= 15 is 0 Å². The SMILES string of the molecule is CC(C)(O)Cc1ncno1. The number of aromatic nitrogens is 2. The Morgan fingerprint density at radius 3 is 2.80 bits per heavy atom. The Kier molecular flexibility index (Phi) is 1.72. The molecule has 0 saturated heterocycles. The Hall–Kier alpha value is -0.900. The second-order valence-corrected chi connectivity index (χ2v) is 2.82. The van der Waals surface area contributed by atoms with Gasteiger partial charge >= 0.3 is 0 Å². The molecule has 56 valence electrons. The normalized spacial score (nSPS) is 11.9. The molecule has 0 unspecified atom stereocenters. The lowest BCUT2D eigenvalue weighted by atomic mass is 10.1. The van der Waals surface area contributed by atoms with E-state index in [1.54, 1.807) is 13.8 Å². The van der Waals surface area contributed by atoms with E-state index in [0.717, 1.165) is 0 Å². The lowest BCUT2D eigenvalue weighted by Gasteiger charge is -2.12. The Balaban J connectivity index is 2.57. The topological polar surface area (TPSA) is 59.2 Å². The van der Waals surface area contributed by atoms with Gasteiger partial charge in [-0.25, -0.2) is 0 Å². The second-order valence-electron chi connectivity index (χ2n) is 2.82. The van der Waals surface area contributed by atoms with Gasteiger partial charge in [0.25, 0.3) is 0 Å². The Bertz CT molecular complexity index is 188. The number of rotatable bonds is 2. The van der Waals surface area contributed by atoms with Crippen LogP contribution in [0.1, 0.15) is 19.7 Å². The van der Waals surface area contributed by atoms with Gasteiger partial charge in [0.2, 0.25) is 5.89 Å². The predicted octanol–water partition coefficient (Wildman–Crippen LogP) is 0.383. The lowest BCUT2D eigenvalue weighted by molar-refractivity contribution is 0.0718. The summed E-state index contributed by atoms with van der Waals surface area (Å²) in [5.74, 6) is 0.465. The van der Waals surface area contributed by atoms with Crippen LogP contribution < -0.4 is 0 Å². The van der Waals surface area contributed by atoms with E-state index in [2.05, 4.69) is 14.7 Å². The molecule has 1 heterocycles. The van der Waals surface area contributed by atoms with Gasteiger partial charge in [-0.3, -0.25) is 0 Å². The van der Waals surface area contributed by atoms with Crippen LogP contribution >= 0.6 is 0 Å². The highest BCUT2D eigenvalue weighted by Gasteiger charge is 2.16. The molecule has 1 aromatic heterocycles. The molecule has 10 heavy (non-hydrogen) atoms. The van der Waals surface area contributed by atoms with Gasteiger partial charge < -0.3 is 9.63 Å². The molecule has 0 aliphatic heterocycles. The van der Waals surface area contributed by atoms with Crippen molar-refractivity contribution in [1.82, 2.24) is 10.1 Å². The van der Waals surface area contributed by atoms with Crippen LogP contribution in [0.3, 0.4) is 0 Å². The molecule has 0 spiro atoms. The van der Waals surface area contributed by atoms with Crippen molar-refractivity contribution in [2.24, 2.45) is 0 Å². The summed E-state index contributed by atoms with van der Waals surface area (Å²) in [5, 5.41) is 12.7. The first-order chi connectivity index (χ1) is 4.58. The zero-order valence-corrected chi connectivity index (χ0v) is 6.03. The summed E-state index contributed by atoms with van der Waals surface area (Å²) in [7, 11) is 0. The molecule has 4 nitrogen and oxygen atoms in total. The molecule has 0 aromatic carbocycles. The maximum atomic E-state index is 9.26. The largest absolute Gasteiger partial charge is 0.390 e. The standard InChI is InChI=1S/C6H10N2O2/c1-6(2,9)3-5-7-4-8-10-5/h4,9H,3H2,1-2H3. The summed E-state index contributed by atoms with van der Waals surface area (Å²) in [6.07, 6.45) is 1.72. The van der Waals surface area contributed by atoms with Crippen molar-refractivity contribution in [2.75, 3.05) is 0 Å². The average Bonchev–Trinajstić information content (AvgIpc) is 2.12. The summed E-state index contributed by atoms with van der Waals surface area (Å²) in [6.45, 7) is 3.38. The number of aliphatic hydroxyl groups is 1. The van der Waals surface area contributed by atoms with Crippen LogP contribution in [0, 0.1) is 0 Å². The van der Waals surface area contributed by atoms with Crippen molar-refractivity contribution in [1.29, 1.82) is 0 Å². The summed E-state index contributed by atoms with van der Waals surface area (Å²) < 4.78 is 4.69. The number of hydrogen-bond donors (Lipinski definition) is 1. The first kappa shape index (κ1) is 7.21. The zero-order valence-electron chi connectivity index (χ0n) is 6.03. The van der Waals surface area contributed by atoms with Crippen molar-refractivity contribution in [3.8, 4) is 0 Å². The van der Waals surface area contributed by atoms with Crippen molar-refractivity contribution >= 4 is 0 Å². The van der Waals surface area contributed by atoms with Crippen LogP contribution in [0.4, 0.5) is 0 Å². The lowest BCUT2D eigenvalue weighted by Crippen LogP contribution is -2.21. The highest BCUT2D eigenvalue weighted by molar-refractivity contribution is 4.83. The molecule has 0 bridgehead atoms. The first-order valence-electron chi connectivity index (χ1n) is 3.06. The molecule has 0 atom stereocenters. The van der Waals surface area contributed by atoms with Crippen LogP contribution in [0.2, 0.25) is 0 Å². The monoisotopic (exact) mass is 142 g/mol. The van der Waals surface area contributed by atoms with Gasteiger partial charge in [-0.2, -0.15) is 4.98 Å². The molecule has 0 saturated carbocycles. The van der Waals surface area contributed by atoms with Gasteiger partial charge in [-0.05, 0) is 13.8 Å². The van der Waals surface area contributed by atoms with Gasteiger partial charge in [0.1, 0.15) is 0 Å². The third-order valence-electron chi connectivity index (χ3n) is 0.991. The van der Waals surface area contributed by atoms with E-state index in [1.807, 2.05) is 0 Å². The molecule has 0 aliphatic rings. The van der Waals surface area contributed by atoms with E-state index in [1.165, 1.54) is 6.33 Å². The minimum atomic E-state index is -0.771. The van der Waals surface area contributed by atoms with Gasteiger partial charge in [-0.1, -0.05) is 5.16 Å². The van der Waals surface area contributed by atoms with Crippen molar-refractivity contribution in [2.45, 2.75) is 25.9 Å². The van der Waals surface area contributed by atoms with E-state index in [0.29, 0.717) is 12.3 Å². The minimum absolute atomic E-state index is 0.396. The van der Waals surface area contributed by atoms with Crippen LogP contribution in [0.15, 0.2) is 10.9 Å². The van der Waals surface area contributed by atoms with E-state index < -0.39 is 5.60 Å². The molecule has 1 N–H and O–H groups in total.